The number of hydrogen-bond acceptors (Lipinski definition) is 4. The normalized spacial score (nSPS) is 21.0. The van der Waals surface area contributed by atoms with Gasteiger partial charge in [0.1, 0.15) is 17.8 Å². The van der Waals surface area contributed by atoms with Crippen molar-refractivity contribution < 1.29 is 5.11 Å². The van der Waals surface area contributed by atoms with Crippen LogP contribution in [0.25, 0.3) is 11.0 Å². The van der Waals surface area contributed by atoms with E-state index in [2.05, 4.69) is 19.9 Å². The highest BCUT2D eigenvalue weighted by Crippen LogP contribution is 2.26. The van der Waals surface area contributed by atoms with Gasteiger partial charge < -0.3 is 15.0 Å². The largest absolute Gasteiger partial charge is 0.396 e. The van der Waals surface area contributed by atoms with E-state index in [1.54, 1.807) is 6.33 Å². The Morgan fingerprint density at radius 1 is 1.47 bits per heavy atom. The summed E-state index contributed by atoms with van der Waals surface area (Å²) in [7, 11) is 0. The topological polar surface area (TPSA) is 65.0 Å². The summed E-state index contributed by atoms with van der Waals surface area (Å²) in [4.78, 5) is 13.9. The van der Waals surface area contributed by atoms with Gasteiger partial charge in [0.05, 0.1) is 5.39 Å². The average molecular weight is 232 g/mol. The van der Waals surface area contributed by atoms with Crippen molar-refractivity contribution in [3.8, 4) is 0 Å². The van der Waals surface area contributed by atoms with Crippen molar-refractivity contribution in [1.29, 1.82) is 0 Å². The molecule has 1 aliphatic heterocycles. The number of aliphatic hydroxyl groups is 1. The van der Waals surface area contributed by atoms with E-state index in [4.69, 9.17) is 0 Å². The third kappa shape index (κ3) is 1.86. The molecule has 1 atom stereocenters. The first-order valence-corrected chi connectivity index (χ1v) is 6.02. The van der Waals surface area contributed by atoms with Gasteiger partial charge in [-0.2, -0.15) is 0 Å². The summed E-state index contributed by atoms with van der Waals surface area (Å²) in [5.41, 5.74) is 0.876. The highest BCUT2D eigenvalue weighted by molar-refractivity contribution is 5.87. The lowest BCUT2D eigenvalue weighted by Crippen LogP contribution is -2.37. The fourth-order valence-electron chi connectivity index (χ4n) is 2.52. The van der Waals surface area contributed by atoms with Crippen LogP contribution in [0.4, 0.5) is 5.82 Å². The van der Waals surface area contributed by atoms with E-state index in [1.807, 2.05) is 12.3 Å². The second-order valence-corrected chi connectivity index (χ2v) is 4.57. The maximum absolute atomic E-state index is 9.26. The maximum Gasteiger partial charge on any atom is 0.142 e. The van der Waals surface area contributed by atoms with Gasteiger partial charge in [-0.1, -0.05) is 0 Å². The number of nitrogens with zero attached hydrogens (tertiary/aromatic N) is 3. The van der Waals surface area contributed by atoms with Crippen molar-refractivity contribution in [3.63, 3.8) is 0 Å². The fourth-order valence-corrected chi connectivity index (χ4v) is 2.52. The van der Waals surface area contributed by atoms with Crippen LogP contribution in [0.2, 0.25) is 0 Å². The number of nitrogens with one attached hydrogen (secondary N) is 1. The van der Waals surface area contributed by atoms with Gasteiger partial charge in [-0.3, -0.25) is 0 Å². The zero-order valence-electron chi connectivity index (χ0n) is 9.63. The highest BCUT2D eigenvalue weighted by Gasteiger charge is 2.21. The minimum Gasteiger partial charge on any atom is -0.396 e. The second-order valence-electron chi connectivity index (χ2n) is 4.57. The minimum atomic E-state index is 0.262. The van der Waals surface area contributed by atoms with E-state index in [0.29, 0.717) is 5.92 Å². The molecule has 0 aromatic carbocycles. The molecule has 2 aromatic heterocycles. The molecule has 0 bridgehead atoms. The van der Waals surface area contributed by atoms with Gasteiger partial charge >= 0.3 is 0 Å². The Labute approximate surface area is 99.5 Å². The molecule has 1 fully saturated rings. The van der Waals surface area contributed by atoms with Crippen LogP contribution in [0.1, 0.15) is 12.8 Å². The molecule has 0 saturated carbocycles. The summed E-state index contributed by atoms with van der Waals surface area (Å²) in [6.07, 6.45) is 5.70. The molecule has 0 unspecified atom stereocenters. The number of rotatable bonds is 2. The number of H-pyrrole nitrogens is 1. The average Bonchev–Trinajstić information content (AvgIpc) is 2.87. The summed E-state index contributed by atoms with van der Waals surface area (Å²) in [6, 6.07) is 2.01. The molecular formula is C12H16N4O. The number of anilines is 1. The Balaban J connectivity index is 1.94. The van der Waals surface area contributed by atoms with Crippen molar-refractivity contribution in [3.05, 3.63) is 18.6 Å². The smallest absolute Gasteiger partial charge is 0.142 e. The molecule has 0 amide bonds. The Hall–Kier alpha value is -1.62. The van der Waals surface area contributed by atoms with Crippen LogP contribution in [0.5, 0.6) is 0 Å². The van der Waals surface area contributed by atoms with Crippen molar-refractivity contribution in [2.24, 2.45) is 5.92 Å². The van der Waals surface area contributed by atoms with Gasteiger partial charge in [0, 0.05) is 25.9 Å². The molecule has 0 spiro atoms. The van der Waals surface area contributed by atoms with Gasteiger partial charge in [-0.25, -0.2) is 9.97 Å². The molecule has 2 aromatic rings. The second kappa shape index (κ2) is 4.33. The molecular weight excluding hydrogens is 216 g/mol. The number of aromatic amines is 1. The lowest BCUT2D eigenvalue weighted by Gasteiger charge is -2.32. The summed E-state index contributed by atoms with van der Waals surface area (Å²) in [5.74, 6) is 1.35. The van der Waals surface area contributed by atoms with Crippen LogP contribution in [0.15, 0.2) is 18.6 Å². The van der Waals surface area contributed by atoms with Crippen LogP contribution in [-0.2, 0) is 0 Å². The number of fused-ring (bicyclic) bond motifs is 1. The standard InChI is InChI=1S/C12H16N4O/c17-7-9-2-1-5-16(6-9)12-10-3-4-13-11(10)14-8-15-12/h3-4,8-9,17H,1-2,5-7H2,(H,13,14,15)/t9-/m0/s1. The molecule has 17 heavy (non-hydrogen) atoms. The fraction of sp³-hybridized carbons (Fsp3) is 0.500. The van der Waals surface area contributed by atoms with Gasteiger partial charge in [-0.05, 0) is 24.8 Å². The molecule has 1 saturated heterocycles. The first kappa shape index (κ1) is 10.5. The van der Waals surface area contributed by atoms with Crippen molar-refractivity contribution in [2.45, 2.75) is 12.8 Å². The van der Waals surface area contributed by atoms with E-state index in [0.717, 1.165) is 42.8 Å². The molecule has 5 heteroatoms. The first-order valence-electron chi connectivity index (χ1n) is 6.02. The SMILES string of the molecule is OC[C@H]1CCCN(c2ncnc3[nH]ccc23)C1. The molecule has 3 rings (SSSR count). The van der Waals surface area contributed by atoms with E-state index in [1.165, 1.54) is 0 Å². The Morgan fingerprint density at radius 2 is 2.41 bits per heavy atom. The van der Waals surface area contributed by atoms with E-state index >= 15 is 0 Å². The van der Waals surface area contributed by atoms with Crippen LogP contribution >= 0.6 is 0 Å². The van der Waals surface area contributed by atoms with Crippen LogP contribution in [0, 0.1) is 5.92 Å². The maximum atomic E-state index is 9.26. The summed E-state index contributed by atoms with van der Waals surface area (Å²) in [6.45, 7) is 2.15. The molecule has 3 heterocycles. The number of aromatic nitrogens is 3. The summed E-state index contributed by atoms with van der Waals surface area (Å²) >= 11 is 0. The molecule has 5 nitrogen and oxygen atoms in total. The Bertz CT molecular complexity index is 510. The minimum absolute atomic E-state index is 0.262. The molecule has 0 aliphatic carbocycles. The number of hydrogen-bond donors (Lipinski definition) is 2. The summed E-state index contributed by atoms with van der Waals surface area (Å²) in [5, 5.41) is 10.3. The molecule has 1 aliphatic rings. The molecule has 90 valence electrons. The van der Waals surface area contributed by atoms with Gasteiger partial charge in [0.25, 0.3) is 0 Å². The van der Waals surface area contributed by atoms with Crippen LogP contribution in [0.3, 0.4) is 0 Å². The third-order valence-corrected chi connectivity index (χ3v) is 3.41. The van der Waals surface area contributed by atoms with Gasteiger partial charge in [-0.15, -0.1) is 0 Å². The van der Waals surface area contributed by atoms with E-state index < -0.39 is 0 Å². The van der Waals surface area contributed by atoms with Gasteiger partial charge in [0.15, 0.2) is 0 Å². The zero-order valence-corrected chi connectivity index (χ0v) is 9.63. The monoisotopic (exact) mass is 232 g/mol. The lowest BCUT2D eigenvalue weighted by molar-refractivity contribution is 0.208. The van der Waals surface area contributed by atoms with Crippen molar-refractivity contribution in [1.82, 2.24) is 15.0 Å². The van der Waals surface area contributed by atoms with Gasteiger partial charge in [0.2, 0.25) is 0 Å². The first-order chi connectivity index (χ1) is 8.38. The molecule has 0 radical (unpaired) electrons. The number of piperidine rings is 1. The van der Waals surface area contributed by atoms with Crippen molar-refractivity contribution >= 4 is 16.9 Å². The predicted octanol–water partition coefficient (Wildman–Crippen LogP) is 1.17. The quantitative estimate of drug-likeness (QED) is 0.815. The lowest BCUT2D eigenvalue weighted by atomic mass is 9.99. The zero-order chi connectivity index (χ0) is 11.7. The van der Waals surface area contributed by atoms with Crippen LogP contribution < -0.4 is 4.90 Å². The summed E-state index contributed by atoms with van der Waals surface area (Å²) < 4.78 is 0. The highest BCUT2D eigenvalue weighted by atomic mass is 16.3. The third-order valence-electron chi connectivity index (χ3n) is 3.41. The Kier molecular flexibility index (Phi) is 2.68. The van der Waals surface area contributed by atoms with E-state index in [-0.39, 0.29) is 6.61 Å². The van der Waals surface area contributed by atoms with E-state index in [9.17, 15) is 5.11 Å². The van der Waals surface area contributed by atoms with Crippen LogP contribution in [-0.4, -0.2) is 39.8 Å². The predicted molar refractivity (Wildman–Crippen MR) is 65.9 cm³/mol. The number of aliphatic hydroxyl groups excluding tert-OH is 1. The molecule has 2 N–H and O–H groups in total. The Morgan fingerprint density at radius 3 is 3.29 bits per heavy atom. The van der Waals surface area contributed by atoms with Crippen molar-refractivity contribution in [2.75, 3.05) is 24.6 Å².